The zero-order valence-electron chi connectivity index (χ0n) is 13.0. The van der Waals surface area contributed by atoms with E-state index in [1.807, 2.05) is 32.2 Å². The summed E-state index contributed by atoms with van der Waals surface area (Å²) in [5.41, 5.74) is 3.19. The fourth-order valence-electron chi connectivity index (χ4n) is 2.25. The number of thiophene rings is 1. The van der Waals surface area contributed by atoms with E-state index in [2.05, 4.69) is 41.6 Å². The molecular weight excluding hydrogens is 280 g/mol. The van der Waals surface area contributed by atoms with Crippen LogP contribution >= 0.6 is 11.3 Å². The Morgan fingerprint density at radius 2 is 2.10 bits per heavy atom. The van der Waals surface area contributed by atoms with Crippen LogP contribution in [0.5, 0.6) is 0 Å². The SMILES string of the molecule is Cc1ccc(NC(=O)CN(C)[C@@H](C)c2cccs2)c(C)c1. The first-order valence-electron chi connectivity index (χ1n) is 7.08. The Balaban J connectivity index is 1.95. The van der Waals surface area contributed by atoms with Gasteiger partial charge < -0.3 is 5.32 Å². The number of benzene rings is 1. The Hall–Kier alpha value is -1.65. The molecule has 0 bridgehead atoms. The molecule has 0 aliphatic heterocycles. The molecule has 2 rings (SSSR count). The minimum atomic E-state index is 0.0212. The summed E-state index contributed by atoms with van der Waals surface area (Å²) >= 11 is 1.72. The number of likely N-dealkylation sites (N-methyl/N-ethyl adjacent to an activating group) is 1. The zero-order chi connectivity index (χ0) is 15.4. The Morgan fingerprint density at radius 1 is 1.33 bits per heavy atom. The molecule has 0 unspecified atom stereocenters. The van der Waals surface area contributed by atoms with E-state index in [1.54, 1.807) is 11.3 Å². The predicted octanol–water partition coefficient (Wildman–Crippen LogP) is 4.00. The Bertz CT molecular complexity index is 607. The largest absolute Gasteiger partial charge is 0.325 e. The van der Waals surface area contributed by atoms with Gasteiger partial charge in [0.15, 0.2) is 0 Å². The number of amides is 1. The van der Waals surface area contributed by atoms with Gasteiger partial charge in [0.05, 0.1) is 6.54 Å². The lowest BCUT2D eigenvalue weighted by Crippen LogP contribution is -2.32. The van der Waals surface area contributed by atoms with Crippen LogP contribution in [0, 0.1) is 13.8 Å². The third kappa shape index (κ3) is 4.16. The van der Waals surface area contributed by atoms with Crippen molar-refractivity contribution in [2.75, 3.05) is 18.9 Å². The molecule has 1 N–H and O–H groups in total. The number of hydrogen-bond acceptors (Lipinski definition) is 3. The number of nitrogens with one attached hydrogen (secondary N) is 1. The third-order valence-electron chi connectivity index (χ3n) is 3.67. The Labute approximate surface area is 130 Å². The highest BCUT2D eigenvalue weighted by Gasteiger charge is 2.16. The van der Waals surface area contributed by atoms with Gasteiger partial charge in [0.2, 0.25) is 5.91 Å². The lowest BCUT2D eigenvalue weighted by atomic mass is 10.1. The molecule has 0 aliphatic carbocycles. The van der Waals surface area contributed by atoms with Gasteiger partial charge >= 0.3 is 0 Å². The van der Waals surface area contributed by atoms with Crippen molar-refractivity contribution in [3.8, 4) is 0 Å². The monoisotopic (exact) mass is 302 g/mol. The second kappa shape index (κ2) is 6.87. The summed E-state index contributed by atoms with van der Waals surface area (Å²) in [5, 5.41) is 5.06. The Kier molecular flexibility index (Phi) is 5.15. The minimum absolute atomic E-state index is 0.0212. The summed E-state index contributed by atoms with van der Waals surface area (Å²) in [5.74, 6) is 0.0212. The van der Waals surface area contributed by atoms with Gasteiger partial charge in [0.25, 0.3) is 0 Å². The van der Waals surface area contributed by atoms with Crippen LogP contribution in [0.15, 0.2) is 35.7 Å². The van der Waals surface area contributed by atoms with Gasteiger partial charge in [0.1, 0.15) is 0 Å². The average Bonchev–Trinajstić information content (AvgIpc) is 2.95. The standard InChI is InChI=1S/C17H22N2OS/c1-12-7-8-15(13(2)10-12)18-17(20)11-19(4)14(3)16-6-5-9-21-16/h5-10,14H,11H2,1-4H3,(H,18,20)/t14-/m0/s1. The molecule has 0 spiro atoms. The van der Waals surface area contributed by atoms with E-state index in [-0.39, 0.29) is 11.9 Å². The van der Waals surface area contributed by atoms with E-state index in [0.717, 1.165) is 11.3 Å². The topological polar surface area (TPSA) is 32.3 Å². The van der Waals surface area contributed by atoms with Crippen molar-refractivity contribution in [3.63, 3.8) is 0 Å². The maximum Gasteiger partial charge on any atom is 0.238 e. The number of nitrogens with zero attached hydrogens (tertiary/aromatic N) is 1. The molecule has 0 aliphatic rings. The van der Waals surface area contributed by atoms with E-state index in [4.69, 9.17) is 0 Å². The lowest BCUT2D eigenvalue weighted by Gasteiger charge is -2.23. The first kappa shape index (κ1) is 15.7. The second-order valence-corrected chi connectivity index (χ2v) is 6.45. The van der Waals surface area contributed by atoms with Crippen LogP contribution in [0.4, 0.5) is 5.69 Å². The van der Waals surface area contributed by atoms with Crippen LogP contribution in [-0.4, -0.2) is 24.4 Å². The molecule has 1 aromatic heterocycles. The first-order valence-corrected chi connectivity index (χ1v) is 7.96. The normalized spacial score (nSPS) is 12.4. The molecule has 4 heteroatoms. The van der Waals surface area contributed by atoms with Gasteiger partial charge in [0, 0.05) is 16.6 Å². The molecule has 1 aromatic carbocycles. The summed E-state index contributed by atoms with van der Waals surface area (Å²) in [6.07, 6.45) is 0. The van der Waals surface area contributed by atoms with Crippen LogP contribution < -0.4 is 5.32 Å². The van der Waals surface area contributed by atoms with Crippen LogP contribution in [-0.2, 0) is 4.79 Å². The number of carbonyl (C=O) groups excluding carboxylic acids is 1. The first-order chi connectivity index (χ1) is 9.97. The number of hydrogen-bond donors (Lipinski definition) is 1. The van der Waals surface area contributed by atoms with Crippen LogP contribution in [0.1, 0.15) is 29.0 Å². The number of aryl methyl sites for hydroxylation is 2. The van der Waals surface area contributed by atoms with Crippen molar-refractivity contribution in [2.45, 2.75) is 26.8 Å². The Morgan fingerprint density at radius 3 is 2.71 bits per heavy atom. The van der Waals surface area contributed by atoms with Gasteiger partial charge in [-0.1, -0.05) is 23.8 Å². The highest BCUT2D eigenvalue weighted by Crippen LogP contribution is 2.23. The molecule has 3 nitrogen and oxygen atoms in total. The average molecular weight is 302 g/mol. The smallest absolute Gasteiger partial charge is 0.238 e. The molecule has 112 valence electrons. The molecule has 0 saturated heterocycles. The lowest BCUT2D eigenvalue weighted by molar-refractivity contribution is -0.117. The van der Waals surface area contributed by atoms with Crippen molar-refractivity contribution >= 4 is 22.9 Å². The van der Waals surface area contributed by atoms with Crippen molar-refractivity contribution in [1.82, 2.24) is 4.90 Å². The molecule has 0 fully saturated rings. The number of anilines is 1. The van der Waals surface area contributed by atoms with Crippen LogP contribution in [0.3, 0.4) is 0 Å². The van der Waals surface area contributed by atoms with Crippen LogP contribution in [0.2, 0.25) is 0 Å². The fourth-order valence-corrected chi connectivity index (χ4v) is 3.10. The van der Waals surface area contributed by atoms with Gasteiger partial charge in [-0.3, -0.25) is 9.69 Å². The summed E-state index contributed by atoms with van der Waals surface area (Å²) in [4.78, 5) is 15.5. The maximum atomic E-state index is 12.2. The molecule has 1 atom stereocenters. The molecule has 1 heterocycles. The quantitative estimate of drug-likeness (QED) is 0.905. The van der Waals surface area contributed by atoms with Gasteiger partial charge in [-0.05, 0) is 50.9 Å². The van der Waals surface area contributed by atoms with Gasteiger partial charge in [-0.15, -0.1) is 11.3 Å². The fraction of sp³-hybridized carbons (Fsp3) is 0.353. The van der Waals surface area contributed by atoms with E-state index >= 15 is 0 Å². The highest BCUT2D eigenvalue weighted by molar-refractivity contribution is 7.10. The molecule has 2 aromatic rings. The summed E-state index contributed by atoms with van der Waals surface area (Å²) < 4.78 is 0. The van der Waals surface area contributed by atoms with Crippen LogP contribution in [0.25, 0.3) is 0 Å². The van der Waals surface area contributed by atoms with Gasteiger partial charge in [-0.2, -0.15) is 0 Å². The van der Waals surface area contributed by atoms with Crippen molar-refractivity contribution in [2.24, 2.45) is 0 Å². The molecule has 0 radical (unpaired) electrons. The van der Waals surface area contributed by atoms with E-state index in [1.165, 1.54) is 10.4 Å². The van der Waals surface area contributed by atoms with Gasteiger partial charge in [-0.25, -0.2) is 0 Å². The number of rotatable bonds is 5. The summed E-state index contributed by atoms with van der Waals surface area (Å²) in [7, 11) is 1.98. The molecule has 1 amide bonds. The van der Waals surface area contributed by atoms with E-state index < -0.39 is 0 Å². The zero-order valence-corrected chi connectivity index (χ0v) is 13.8. The van der Waals surface area contributed by atoms with Crippen molar-refractivity contribution in [3.05, 3.63) is 51.7 Å². The van der Waals surface area contributed by atoms with E-state index in [0.29, 0.717) is 6.54 Å². The predicted molar refractivity (Wildman–Crippen MR) is 89.9 cm³/mol. The maximum absolute atomic E-state index is 12.2. The second-order valence-electron chi connectivity index (χ2n) is 5.47. The third-order valence-corrected chi connectivity index (χ3v) is 4.71. The van der Waals surface area contributed by atoms with E-state index in [9.17, 15) is 4.79 Å². The molecular formula is C17H22N2OS. The molecule has 21 heavy (non-hydrogen) atoms. The highest BCUT2D eigenvalue weighted by atomic mass is 32.1. The van der Waals surface area contributed by atoms with Crippen molar-refractivity contribution in [1.29, 1.82) is 0 Å². The number of carbonyl (C=O) groups is 1. The van der Waals surface area contributed by atoms with Crippen molar-refractivity contribution < 1.29 is 4.79 Å². The summed E-state index contributed by atoms with van der Waals surface area (Å²) in [6, 6.07) is 10.4. The minimum Gasteiger partial charge on any atom is -0.325 e. The summed E-state index contributed by atoms with van der Waals surface area (Å²) in [6.45, 7) is 6.57. The molecule has 0 saturated carbocycles.